The molecular weight excluding hydrogens is 292 g/mol. The van der Waals surface area contributed by atoms with Gasteiger partial charge in [-0.2, -0.15) is 13.5 Å². The second kappa shape index (κ2) is 7.03. The third-order valence-corrected chi connectivity index (χ3v) is 3.20. The lowest BCUT2D eigenvalue weighted by Gasteiger charge is -2.11. The van der Waals surface area contributed by atoms with Crippen LogP contribution in [0.4, 0.5) is 0 Å². The number of carbonyl (C=O) groups is 2. The number of amides is 1. The summed E-state index contributed by atoms with van der Waals surface area (Å²) < 4.78 is 16.6. The number of rotatable bonds is 2. The minimum absolute atomic E-state index is 0.164. The summed E-state index contributed by atoms with van der Waals surface area (Å²) in [6.45, 7) is 5.58. The van der Waals surface area contributed by atoms with Gasteiger partial charge in [0, 0.05) is 12.6 Å². The molecule has 1 aliphatic heterocycles. The highest BCUT2D eigenvalue weighted by Crippen LogP contribution is 2.21. The van der Waals surface area contributed by atoms with Crippen molar-refractivity contribution in [2.45, 2.75) is 20.8 Å². The Hall–Kier alpha value is -2.15. The van der Waals surface area contributed by atoms with Crippen LogP contribution >= 0.6 is 0 Å². The van der Waals surface area contributed by atoms with E-state index < -0.39 is 17.5 Å². The number of aryl methyl sites for hydroxylation is 2. The van der Waals surface area contributed by atoms with Crippen molar-refractivity contribution < 1.29 is 18.0 Å². The Bertz CT molecular complexity index is 648. The molecule has 0 N–H and O–H groups in total. The van der Waals surface area contributed by atoms with Crippen molar-refractivity contribution in [3.8, 4) is 0 Å². The maximum atomic E-state index is 12.4. The van der Waals surface area contributed by atoms with Crippen molar-refractivity contribution in [3.05, 3.63) is 34.9 Å². The maximum Gasteiger partial charge on any atom is 0.335 e. The molecule has 1 amide bonds. The molecule has 1 heterocycles. The van der Waals surface area contributed by atoms with E-state index in [1.165, 1.54) is 5.01 Å². The van der Waals surface area contributed by atoms with E-state index >= 15 is 0 Å². The molecule has 1 unspecified atom stereocenters. The van der Waals surface area contributed by atoms with E-state index in [0.717, 1.165) is 11.1 Å². The number of hydrazone groups is 1. The first kappa shape index (κ1) is 16.9. The smallest absolute Gasteiger partial charge is 0.293 e. The van der Waals surface area contributed by atoms with Gasteiger partial charge in [0.25, 0.3) is 5.91 Å². The van der Waals surface area contributed by atoms with Crippen LogP contribution in [0.1, 0.15) is 28.4 Å². The third kappa shape index (κ3) is 3.69. The number of benzene rings is 1. The van der Waals surface area contributed by atoms with Gasteiger partial charge in [-0.3, -0.25) is 9.59 Å². The monoisotopic (exact) mass is 308 g/mol. The summed E-state index contributed by atoms with van der Waals surface area (Å²) >= 11 is -0.750. The van der Waals surface area contributed by atoms with Crippen molar-refractivity contribution in [2.24, 2.45) is 11.0 Å². The first-order chi connectivity index (χ1) is 9.83. The Morgan fingerprint density at radius 2 is 1.81 bits per heavy atom. The average molecular weight is 308 g/mol. The summed E-state index contributed by atoms with van der Waals surface area (Å²) in [5.41, 5.74) is 3.16. The first-order valence-electron chi connectivity index (χ1n) is 6.19. The Kier molecular flexibility index (Phi) is 5.66. The molecule has 112 valence electrons. The van der Waals surface area contributed by atoms with Gasteiger partial charge in [-0.1, -0.05) is 23.8 Å². The van der Waals surface area contributed by atoms with Gasteiger partial charge in [-0.15, -0.1) is 0 Å². The molecule has 0 spiro atoms. The number of hydrogen-bond acceptors (Lipinski definition) is 5. The molecule has 2 rings (SSSR count). The highest BCUT2D eigenvalue weighted by molar-refractivity contribution is 7.51. The summed E-state index contributed by atoms with van der Waals surface area (Å²) in [5, 5.41) is 5.26. The molecule has 0 saturated heterocycles. The average Bonchev–Trinajstić information content (AvgIpc) is 2.63. The second-order valence-electron chi connectivity index (χ2n) is 4.79. The molecule has 21 heavy (non-hydrogen) atoms. The van der Waals surface area contributed by atoms with Crippen LogP contribution in [0.25, 0.3) is 0 Å². The van der Waals surface area contributed by atoms with Crippen molar-refractivity contribution in [1.29, 1.82) is 0 Å². The fourth-order valence-electron chi connectivity index (χ4n) is 2.26. The summed E-state index contributed by atoms with van der Waals surface area (Å²) in [6, 6.07) is 5.62. The van der Waals surface area contributed by atoms with E-state index in [1.54, 1.807) is 20.0 Å². The molecular formula is C14H16N2O4S. The van der Waals surface area contributed by atoms with E-state index in [2.05, 4.69) is 5.10 Å². The molecule has 1 aromatic carbocycles. The third-order valence-electron chi connectivity index (χ3n) is 3.20. The predicted molar refractivity (Wildman–Crippen MR) is 78.5 cm³/mol. The molecule has 0 aromatic heterocycles. The number of ketones is 1. The normalized spacial score (nSPS) is 17.0. The van der Waals surface area contributed by atoms with Crippen LogP contribution in [0.2, 0.25) is 0 Å². The van der Waals surface area contributed by atoms with Crippen LogP contribution in [0.15, 0.2) is 23.3 Å². The standard InChI is InChI=1S/C14H16N2O2.O2S/c1-8-5-6-11(9(2)7-8)13(17)12-10(3)15-16(4)14(12)18;1-3-2/h5-7,12H,1-4H3;. The zero-order chi connectivity index (χ0) is 16.2. The number of carbonyl (C=O) groups excluding carboxylic acids is 2. The Labute approximate surface area is 126 Å². The lowest BCUT2D eigenvalue weighted by molar-refractivity contribution is -0.129. The fraction of sp³-hybridized carbons (Fsp3) is 0.357. The lowest BCUT2D eigenvalue weighted by atomic mass is 9.91. The predicted octanol–water partition coefficient (Wildman–Crippen LogP) is 1.28. The largest absolute Gasteiger partial charge is 0.335 e. The first-order valence-corrected chi connectivity index (χ1v) is 6.86. The number of hydrogen-bond donors (Lipinski definition) is 0. The van der Waals surface area contributed by atoms with Gasteiger partial charge in [-0.05, 0) is 26.3 Å². The molecule has 0 bridgehead atoms. The van der Waals surface area contributed by atoms with E-state index in [-0.39, 0.29) is 11.7 Å². The highest BCUT2D eigenvalue weighted by atomic mass is 32.1. The second-order valence-corrected chi connectivity index (χ2v) is 4.92. The zero-order valence-corrected chi connectivity index (χ0v) is 13.1. The van der Waals surface area contributed by atoms with Gasteiger partial charge in [0.2, 0.25) is 0 Å². The molecule has 6 nitrogen and oxygen atoms in total. The minimum atomic E-state index is -0.753. The molecule has 0 fully saturated rings. The summed E-state index contributed by atoms with van der Waals surface area (Å²) in [6.07, 6.45) is 0. The van der Waals surface area contributed by atoms with Crippen molar-refractivity contribution in [1.82, 2.24) is 5.01 Å². The van der Waals surface area contributed by atoms with Crippen LogP contribution in [-0.2, 0) is 16.4 Å². The molecule has 0 saturated carbocycles. The van der Waals surface area contributed by atoms with Gasteiger partial charge in [0.1, 0.15) is 5.92 Å². The van der Waals surface area contributed by atoms with E-state index in [1.807, 2.05) is 26.0 Å². The van der Waals surface area contributed by atoms with E-state index in [9.17, 15) is 9.59 Å². The molecule has 0 aliphatic carbocycles. The lowest BCUT2D eigenvalue weighted by Crippen LogP contribution is -2.31. The SMILES string of the molecule is CC1=NN(C)C(=O)C1C(=O)c1ccc(C)cc1C.O=S=O. The number of nitrogens with zero attached hydrogens (tertiary/aromatic N) is 2. The minimum Gasteiger partial charge on any atom is -0.293 e. The maximum absolute atomic E-state index is 12.4. The van der Waals surface area contributed by atoms with Crippen molar-refractivity contribution >= 4 is 29.0 Å². The van der Waals surface area contributed by atoms with E-state index in [0.29, 0.717) is 11.3 Å². The fourth-order valence-corrected chi connectivity index (χ4v) is 2.26. The van der Waals surface area contributed by atoms with E-state index in [4.69, 9.17) is 8.42 Å². The van der Waals surface area contributed by atoms with Gasteiger partial charge in [0.05, 0.1) is 5.71 Å². The molecule has 1 aromatic rings. The summed E-state index contributed by atoms with van der Waals surface area (Å²) in [5.74, 6) is -1.17. The summed E-state index contributed by atoms with van der Waals surface area (Å²) in [7, 11) is 1.57. The van der Waals surface area contributed by atoms with Crippen molar-refractivity contribution in [2.75, 3.05) is 7.05 Å². The molecule has 1 aliphatic rings. The van der Waals surface area contributed by atoms with Crippen LogP contribution in [-0.4, -0.2) is 37.9 Å². The van der Waals surface area contributed by atoms with Gasteiger partial charge in [0.15, 0.2) is 5.78 Å². The highest BCUT2D eigenvalue weighted by Gasteiger charge is 2.37. The number of Topliss-reactive ketones (excluding diaryl/α,β-unsaturated/α-hetero) is 1. The molecule has 7 heteroatoms. The Morgan fingerprint density at radius 3 is 2.24 bits per heavy atom. The van der Waals surface area contributed by atoms with Crippen molar-refractivity contribution in [3.63, 3.8) is 0 Å². The van der Waals surface area contributed by atoms with Gasteiger partial charge in [-0.25, -0.2) is 5.01 Å². The zero-order valence-electron chi connectivity index (χ0n) is 12.2. The van der Waals surface area contributed by atoms with Gasteiger partial charge >= 0.3 is 11.6 Å². The summed E-state index contributed by atoms with van der Waals surface area (Å²) in [4.78, 5) is 24.3. The van der Waals surface area contributed by atoms with Gasteiger partial charge < -0.3 is 0 Å². The molecule has 0 radical (unpaired) electrons. The van der Waals surface area contributed by atoms with Crippen LogP contribution in [0.5, 0.6) is 0 Å². The van der Waals surface area contributed by atoms with Crippen LogP contribution < -0.4 is 0 Å². The Balaban J connectivity index is 0.000000677. The van der Waals surface area contributed by atoms with Crippen LogP contribution in [0, 0.1) is 19.8 Å². The molecule has 1 atom stereocenters. The topological polar surface area (TPSA) is 83.9 Å². The Morgan fingerprint density at radius 1 is 1.24 bits per heavy atom. The van der Waals surface area contributed by atoms with Crippen LogP contribution in [0.3, 0.4) is 0 Å². The quantitative estimate of drug-likeness (QED) is 0.608.